The molecule has 25 heavy (non-hydrogen) atoms. The highest BCUT2D eigenvalue weighted by atomic mass is 16.5. The van der Waals surface area contributed by atoms with Crippen molar-refractivity contribution >= 4 is 17.6 Å². The topological polar surface area (TPSA) is 84.9 Å². The van der Waals surface area contributed by atoms with Crippen LogP contribution in [0.4, 0.5) is 5.69 Å². The Kier molecular flexibility index (Phi) is 6.83. The van der Waals surface area contributed by atoms with E-state index in [2.05, 4.69) is 5.32 Å². The van der Waals surface area contributed by atoms with Crippen molar-refractivity contribution in [3.05, 3.63) is 54.1 Å². The molecule has 0 aliphatic carbocycles. The van der Waals surface area contributed by atoms with Gasteiger partial charge in [-0.05, 0) is 55.3 Å². The fourth-order valence-corrected chi connectivity index (χ4v) is 2.15. The van der Waals surface area contributed by atoms with Gasteiger partial charge in [0.05, 0.1) is 6.61 Å². The molecule has 0 atom stereocenters. The number of carboxylic acids is 1. The van der Waals surface area contributed by atoms with Crippen LogP contribution in [0.15, 0.2) is 48.5 Å². The summed E-state index contributed by atoms with van der Waals surface area (Å²) in [5, 5.41) is 11.4. The van der Waals surface area contributed by atoms with Gasteiger partial charge in [-0.3, -0.25) is 9.59 Å². The Balaban J connectivity index is 1.78. The minimum Gasteiger partial charge on any atom is -0.494 e. The minimum absolute atomic E-state index is 0.0850. The summed E-state index contributed by atoms with van der Waals surface area (Å²) >= 11 is 0. The third-order valence-electron chi connectivity index (χ3n) is 3.37. The molecule has 0 bridgehead atoms. The molecule has 0 spiro atoms. The van der Waals surface area contributed by atoms with Crippen LogP contribution >= 0.6 is 0 Å². The third kappa shape index (κ3) is 6.55. The third-order valence-corrected chi connectivity index (χ3v) is 3.37. The van der Waals surface area contributed by atoms with Gasteiger partial charge in [-0.2, -0.15) is 0 Å². The summed E-state index contributed by atoms with van der Waals surface area (Å²) in [5.41, 5.74) is 1.55. The average molecular weight is 343 g/mol. The second kappa shape index (κ2) is 9.32. The van der Waals surface area contributed by atoms with E-state index in [4.69, 9.17) is 14.6 Å². The lowest BCUT2D eigenvalue weighted by molar-refractivity contribution is -0.137. The summed E-state index contributed by atoms with van der Waals surface area (Å²) < 4.78 is 10.8. The summed E-state index contributed by atoms with van der Waals surface area (Å²) in [5.74, 6) is 0.237. The molecule has 0 aliphatic heterocycles. The summed E-state index contributed by atoms with van der Waals surface area (Å²) in [6.45, 7) is 2.40. The largest absolute Gasteiger partial charge is 0.494 e. The number of hydrogen-bond acceptors (Lipinski definition) is 4. The Morgan fingerprint density at radius 2 is 1.56 bits per heavy atom. The van der Waals surface area contributed by atoms with Crippen LogP contribution in [0.3, 0.4) is 0 Å². The van der Waals surface area contributed by atoms with Gasteiger partial charge >= 0.3 is 5.97 Å². The van der Waals surface area contributed by atoms with Gasteiger partial charge in [-0.15, -0.1) is 0 Å². The van der Waals surface area contributed by atoms with Crippen LogP contribution in [0.25, 0.3) is 0 Å². The molecule has 0 heterocycles. The number of rotatable bonds is 9. The fraction of sp³-hybridized carbons (Fsp3) is 0.263. The van der Waals surface area contributed by atoms with E-state index in [0.29, 0.717) is 24.5 Å². The molecule has 1 amide bonds. The number of hydrogen-bond donors (Lipinski definition) is 2. The van der Waals surface area contributed by atoms with Crippen molar-refractivity contribution in [2.45, 2.75) is 19.8 Å². The number of nitrogens with one attached hydrogen (secondary N) is 1. The van der Waals surface area contributed by atoms with Gasteiger partial charge in [0.2, 0.25) is 0 Å². The van der Waals surface area contributed by atoms with Gasteiger partial charge in [0.1, 0.15) is 11.5 Å². The molecule has 0 radical (unpaired) electrons. The lowest BCUT2D eigenvalue weighted by Crippen LogP contribution is -2.20. The first-order valence-electron chi connectivity index (χ1n) is 8.03. The number of anilines is 1. The number of aliphatic carboxylic acids is 1. The van der Waals surface area contributed by atoms with Gasteiger partial charge in [0.25, 0.3) is 5.91 Å². The maximum atomic E-state index is 11.9. The van der Waals surface area contributed by atoms with Crippen molar-refractivity contribution in [3.8, 4) is 11.5 Å². The SMILES string of the molecule is CCOc1ccc(OCC(=O)Nc2ccc(CCC(=O)O)cc2)cc1. The number of benzene rings is 2. The van der Waals surface area contributed by atoms with Crippen LogP contribution in [-0.4, -0.2) is 30.2 Å². The van der Waals surface area contributed by atoms with Gasteiger partial charge < -0.3 is 19.9 Å². The van der Waals surface area contributed by atoms with Gasteiger partial charge in [0.15, 0.2) is 6.61 Å². The van der Waals surface area contributed by atoms with E-state index in [-0.39, 0.29) is 18.9 Å². The molecule has 132 valence electrons. The Morgan fingerprint density at radius 1 is 0.960 bits per heavy atom. The molecular weight excluding hydrogens is 322 g/mol. The fourth-order valence-electron chi connectivity index (χ4n) is 2.15. The lowest BCUT2D eigenvalue weighted by Gasteiger charge is -2.09. The standard InChI is InChI=1S/C19H21NO5/c1-2-24-16-8-10-17(11-9-16)25-13-18(21)20-15-6-3-14(4-7-15)5-12-19(22)23/h3-4,6-11H,2,5,12-13H2,1H3,(H,20,21)(H,22,23). The first-order valence-corrected chi connectivity index (χ1v) is 8.03. The Hall–Kier alpha value is -3.02. The predicted molar refractivity (Wildman–Crippen MR) is 94.1 cm³/mol. The Morgan fingerprint density at radius 3 is 2.12 bits per heavy atom. The molecule has 0 fully saturated rings. The van der Waals surface area contributed by atoms with Gasteiger partial charge in [-0.25, -0.2) is 0 Å². The first kappa shape index (κ1) is 18.3. The molecule has 0 aromatic heterocycles. The second-order valence-electron chi connectivity index (χ2n) is 5.33. The number of carbonyl (C=O) groups is 2. The summed E-state index contributed by atoms with van der Waals surface area (Å²) in [6, 6.07) is 14.1. The van der Waals surface area contributed by atoms with Crippen LogP contribution in [0, 0.1) is 0 Å². The van der Waals surface area contributed by atoms with Gasteiger partial charge in [0, 0.05) is 12.1 Å². The zero-order chi connectivity index (χ0) is 18.1. The number of ether oxygens (including phenoxy) is 2. The van der Waals surface area contributed by atoms with E-state index in [0.717, 1.165) is 11.3 Å². The van der Waals surface area contributed by atoms with E-state index in [1.54, 1.807) is 48.5 Å². The smallest absolute Gasteiger partial charge is 0.303 e. The highest BCUT2D eigenvalue weighted by Crippen LogP contribution is 2.17. The van der Waals surface area contributed by atoms with Crippen LogP contribution in [-0.2, 0) is 16.0 Å². The van der Waals surface area contributed by atoms with Crippen molar-refractivity contribution < 1.29 is 24.2 Å². The quantitative estimate of drug-likeness (QED) is 0.731. The zero-order valence-corrected chi connectivity index (χ0v) is 14.0. The van der Waals surface area contributed by atoms with E-state index in [1.807, 2.05) is 6.92 Å². The number of carboxylic acid groups (broad SMARTS) is 1. The molecule has 2 aromatic carbocycles. The number of carbonyl (C=O) groups excluding carboxylic acids is 1. The second-order valence-corrected chi connectivity index (χ2v) is 5.33. The number of aryl methyl sites for hydroxylation is 1. The molecule has 2 N–H and O–H groups in total. The van der Waals surface area contributed by atoms with Crippen molar-refractivity contribution in [1.29, 1.82) is 0 Å². The van der Waals surface area contributed by atoms with E-state index in [9.17, 15) is 9.59 Å². The molecule has 2 rings (SSSR count). The van der Waals surface area contributed by atoms with Crippen molar-refractivity contribution in [2.75, 3.05) is 18.5 Å². The van der Waals surface area contributed by atoms with Crippen molar-refractivity contribution in [3.63, 3.8) is 0 Å². The van der Waals surface area contributed by atoms with Crippen LogP contribution in [0.1, 0.15) is 18.9 Å². The number of amides is 1. The maximum absolute atomic E-state index is 11.9. The summed E-state index contributed by atoms with van der Waals surface area (Å²) in [6.07, 6.45) is 0.548. The minimum atomic E-state index is -0.830. The maximum Gasteiger partial charge on any atom is 0.303 e. The van der Waals surface area contributed by atoms with Crippen LogP contribution in [0.5, 0.6) is 11.5 Å². The Labute approximate surface area is 146 Å². The van der Waals surface area contributed by atoms with Crippen molar-refractivity contribution in [2.24, 2.45) is 0 Å². The molecule has 0 saturated heterocycles. The van der Waals surface area contributed by atoms with Crippen LogP contribution < -0.4 is 14.8 Å². The summed E-state index contributed by atoms with van der Waals surface area (Å²) in [7, 11) is 0. The molecule has 0 unspecified atom stereocenters. The monoisotopic (exact) mass is 343 g/mol. The lowest BCUT2D eigenvalue weighted by atomic mass is 10.1. The molecule has 0 saturated carbocycles. The molecule has 2 aromatic rings. The van der Waals surface area contributed by atoms with Crippen molar-refractivity contribution in [1.82, 2.24) is 0 Å². The van der Waals surface area contributed by atoms with Gasteiger partial charge in [-0.1, -0.05) is 12.1 Å². The summed E-state index contributed by atoms with van der Waals surface area (Å²) in [4.78, 5) is 22.5. The Bertz CT molecular complexity index is 695. The highest BCUT2D eigenvalue weighted by Gasteiger charge is 2.05. The van der Waals surface area contributed by atoms with E-state index < -0.39 is 5.97 Å². The normalized spacial score (nSPS) is 10.1. The zero-order valence-electron chi connectivity index (χ0n) is 14.0. The molecular formula is C19H21NO5. The van der Waals surface area contributed by atoms with E-state index in [1.165, 1.54) is 0 Å². The molecule has 0 aliphatic rings. The van der Waals surface area contributed by atoms with E-state index >= 15 is 0 Å². The predicted octanol–water partition coefficient (Wildman–Crippen LogP) is 3.12. The molecule has 6 nitrogen and oxygen atoms in total. The average Bonchev–Trinajstić information content (AvgIpc) is 2.61. The molecule has 6 heteroatoms. The van der Waals surface area contributed by atoms with Crippen LogP contribution in [0.2, 0.25) is 0 Å². The first-order chi connectivity index (χ1) is 12.1. The highest BCUT2D eigenvalue weighted by molar-refractivity contribution is 5.91.